The Morgan fingerprint density at radius 3 is 2.23 bits per heavy atom. The molecule has 3 heterocycles. The van der Waals surface area contributed by atoms with Crippen molar-refractivity contribution in [2.24, 2.45) is 0 Å². The van der Waals surface area contributed by atoms with Crippen molar-refractivity contribution >= 4 is 5.95 Å². The van der Waals surface area contributed by atoms with Crippen LogP contribution in [0.3, 0.4) is 0 Å². The van der Waals surface area contributed by atoms with E-state index in [9.17, 15) is 0 Å². The summed E-state index contributed by atoms with van der Waals surface area (Å²) in [6, 6.07) is 4.04. The maximum atomic E-state index is 5.50. The number of anilines is 1. The fourth-order valence-electron chi connectivity index (χ4n) is 4.40. The number of methoxy groups -OCH3 is 3. The van der Waals surface area contributed by atoms with Gasteiger partial charge in [-0.15, -0.1) is 0 Å². The predicted octanol–water partition coefficient (Wildman–Crippen LogP) is 2.20. The number of ether oxygens (including phenoxy) is 3. The van der Waals surface area contributed by atoms with E-state index < -0.39 is 0 Å². The lowest BCUT2D eigenvalue weighted by Crippen LogP contribution is -2.47. The van der Waals surface area contributed by atoms with Crippen LogP contribution in [0.4, 0.5) is 5.95 Å². The van der Waals surface area contributed by atoms with Crippen molar-refractivity contribution in [2.45, 2.75) is 26.4 Å². The van der Waals surface area contributed by atoms with E-state index in [4.69, 9.17) is 24.2 Å². The molecule has 1 saturated heterocycles. The fourth-order valence-corrected chi connectivity index (χ4v) is 4.40. The predicted molar refractivity (Wildman–Crippen MR) is 120 cm³/mol. The van der Waals surface area contributed by atoms with Crippen molar-refractivity contribution in [3.63, 3.8) is 0 Å². The summed E-state index contributed by atoms with van der Waals surface area (Å²) < 4.78 is 16.4. The lowest BCUT2D eigenvalue weighted by atomic mass is 10.1. The average molecular weight is 428 g/mol. The minimum Gasteiger partial charge on any atom is -0.493 e. The van der Waals surface area contributed by atoms with E-state index in [0.29, 0.717) is 17.2 Å². The lowest BCUT2D eigenvalue weighted by Gasteiger charge is -2.35. The maximum absolute atomic E-state index is 5.50. The van der Waals surface area contributed by atoms with Crippen molar-refractivity contribution in [3.05, 3.63) is 35.2 Å². The molecule has 0 unspecified atom stereocenters. The van der Waals surface area contributed by atoms with Gasteiger partial charge in [-0.25, -0.2) is 9.97 Å². The molecular weight excluding hydrogens is 394 g/mol. The summed E-state index contributed by atoms with van der Waals surface area (Å²) in [6.45, 7) is 10.1. The molecule has 0 radical (unpaired) electrons. The second kappa shape index (κ2) is 9.70. The lowest BCUT2D eigenvalue weighted by molar-refractivity contribution is 0.241. The molecule has 2 aromatic rings. The summed E-state index contributed by atoms with van der Waals surface area (Å²) in [6.07, 6.45) is 2.95. The molecule has 0 N–H and O–H groups in total. The molecular formula is C23H33N5O3. The van der Waals surface area contributed by atoms with E-state index in [1.807, 2.05) is 18.3 Å². The molecule has 4 rings (SSSR count). The summed E-state index contributed by atoms with van der Waals surface area (Å²) in [5, 5.41) is 0. The first-order chi connectivity index (χ1) is 15.1. The molecule has 8 nitrogen and oxygen atoms in total. The van der Waals surface area contributed by atoms with Gasteiger partial charge in [-0.1, -0.05) is 6.92 Å². The van der Waals surface area contributed by atoms with Gasteiger partial charge in [-0.3, -0.25) is 4.90 Å². The number of nitrogens with zero attached hydrogens (tertiary/aromatic N) is 5. The zero-order chi connectivity index (χ0) is 21.8. The van der Waals surface area contributed by atoms with Crippen LogP contribution >= 0.6 is 0 Å². The van der Waals surface area contributed by atoms with E-state index >= 15 is 0 Å². The van der Waals surface area contributed by atoms with Crippen molar-refractivity contribution in [2.75, 3.05) is 65.5 Å². The summed E-state index contributed by atoms with van der Waals surface area (Å²) in [5.74, 6) is 2.88. The number of fused-ring (bicyclic) bond motifs is 1. The SMILES string of the molecule is CCN1CCN(c2ncc3c(n2)CCN(Cc2cc(OC)c(OC)c(OC)c2)C3)CC1. The van der Waals surface area contributed by atoms with Crippen LogP contribution in [0.25, 0.3) is 0 Å². The smallest absolute Gasteiger partial charge is 0.225 e. The highest BCUT2D eigenvalue weighted by atomic mass is 16.5. The summed E-state index contributed by atoms with van der Waals surface area (Å²) in [7, 11) is 4.92. The Morgan fingerprint density at radius 1 is 0.903 bits per heavy atom. The van der Waals surface area contributed by atoms with Crippen LogP contribution < -0.4 is 19.1 Å². The molecule has 2 aliphatic heterocycles. The van der Waals surface area contributed by atoms with E-state index in [1.165, 1.54) is 11.3 Å². The van der Waals surface area contributed by atoms with Crippen LogP contribution in [0.5, 0.6) is 17.2 Å². The molecule has 1 aromatic carbocycles. The first kappa shape index (κ1) is 21.6. The zero-order valence-electron chi connectivity index (χ0n) is 19.1. The van der Waals surface area contributed by atoms with Gasteiger partial charge in [0.1, 0.15) is 0 Å². The molecule has 0 saturated carbocycles. The number of piperazine rings is 1. The monoisotopic (exact) mass is 427 g/mol. The summed E-state index contributed by atoms with van der Waals surface area (Å²) >= 11 is 0. The van der Waals surface area contributed by atoms with Gasteiger partial charge in [0.2, 0.25) is 11.7 Å². The molecule has 0 atom stereocenters. The normalized spacial score (nSPS) is 17.4. The third-order valence-electron chi connectivity index (χ3n) is 6.23. The van der Waals surface area contributed by atoms with Gasteiger partial charge in [0, 0.05) is 64.0 Å². The largest absolute Gasteiger partial charge is 0.493 e. The van der Waals surface area contributed by atoms with Crippen molar-refractivity contribution in [1.82, 2.24) is 19.8 Å². The minimum atomic E-state index is 0.624. The molecule has 168 valence electrons. The molecule has 8 heteroatoms. The van der Waals surface area contributed by atoms with Crippen LogP contribution in [0.2, 0.25) is 0 Å². The molecule has 0 bridgehead atoms. The number of rotatable bonds is 7. The average Bonchev–Trinajstić information content (AvgIpc) is 2.83. The Balaban J connectivity index is 1.44. The third-order valence-corrected chi connectivity index (χ3v) is 6.23. The number of benzene rings is 1. The van der Waals surface area contributed by atoms with Crippen LogP contribution in [-0.2, 0) is 19.5 Å². The molecule has 2 aliphatic rings. The summed E-state index contributed by atoms with van der Waals surface area (Å²) in [5.41, 5.74) is 3.53. The molecule has 1 fully saturated rings. The topological polar surface area (TPSA) is 63.2 Å². The molecule has 0 aliphatic carbocycles. The van der Waals surface area contributed by atoms with Crippen molar-refractivity contribution in [1.29, 1.82) is 0 Å². The summed E-state index contributed by atoms with van der Waals surface area (Å²) in [4.78, 5) is 16.8. The van der Waals surface area contributed by atoms with Gasteiger partial charge in [0.05, 0.1) is 27.0 Å². The van der Waals surface area contributed by atoms with E-state index in [0.717, 1.165) is 70.3 Å². The second-order valence-electron chi connectivity index (χ2n) is 8.06. The first-order valence-electron chi connectivity index (χ1n) is 11.0. The highest BCUT2D eigenvalue weighted by molar-refractivity contribution is 5.53. The third kappa shape index (κ3) is 4.70. The van der Waals surface area contributed by atoms with Crippen molar-refractivity contribution in [3.8, 4) is 17.2 Å². The Labute approximate surface area is 184 Å². The number of aromatic nitrogens is 2. The second-order valence-corrected chi connectivity index (χ2v) is 8.06. The van der Waals surface area contributed by atoms with Crippen LogP contribution in [0.1, 0.15) is 23.7 Å². The maximum Gasteiger partial charge on any atom is 0.225 e. The van der Waals surface area contributed by atoms with Gasteiger partial charge in [-0.05, 0) is 24.2 Å². The minimum absolute atomic E-state index is 0.624. The van der Waals surface area contributed by atoms with Crippen LogP contribution in [-0.4, -0.2) is 80.4 Å². The Morgan fingerprint density at radius 2 is 1.61 bits per heavy atom. The standard InChI is InChI=1S/C23H33N5O3/c1-5-26-8-10-28(11-9-26)23-24-14-18-16-27(7-6-19(18)25-23)15-17-12-20(29-2)22(31-4)21(13-17)30-3/h12-14H,5-11,15-16H2,1-4H3. The van der Waals surface area contributed by atoms with Gasteiger partial charge in [0.15, 0.2) is 11.5 Å². The van der Waals surface area contributed by atoms with Gasteiger partial charge < -0.3 is 24.0 Å². The Hall–Kier alpha value is -2.58. The molecule has 1 aromatic heterocycles. The zero-order valence-corrected chi connectivity index (χ0v) is 19.1. The molecule has 31 heavy (non-hydrogen) atoms. The first-order valence-corrected chi connectivity index (χ1v) is 11.0. The molecule has 0 spiro atoms. The fraction of sp³-hybridized carbons (Fsp3) is 0.565. The van der Waals surface area contributed by atoms with Crippen LogP contribution in [0.15, 0.2) is 18.3 Å². The Bertz CT molecular complexity index is 874. The molecule has 0 amide bonds. The number of likely N-dealkylation sites (N-methyl/N-ethyl adjacent to an activating group) is 1. The Kier molecular flexibility index (Phi) is 6.77. The van der Waals surface area contributed by atoms with Gasteiger partial charge >= 0.3 is 0 Å². The van der Waals surface area contributed by atoms with Gasteiger partial charge in [-0.2, -0.15) is 0 Å². The highest BCUT2D eigenvalue weighted by Crippen LogP contribution is 2.38. The van der Waals surface area contributed by atoms with Gasteiger partial charge in [0.25, 0.3) is 0 Å². The van der Waals surface area contributed by atoms with Crippen molar-refractivity contribution < 1.29 is 14.2 Å². The van der Waals surface area contributed by atoms with E-state index in [-0.39, 0.29) is 0 Å². The van der Waals surface area contributed by atoms with Crippen LogP contribution in [0, 0.1) is 0 Å². The van der Waals surface area contributed by atoms with E-state index in [1.54, 1.807) is 21.3 Å². The van der Waals surface area contributed by atoms with E-state index in [2.05, 4.69) is 21.6 Å². The highest BCUT2D eigenvalue weighted by Gasteiger charge is 2.23. The number of hydrogen-bond acceptors (Lipinski definition) is 8. The quantitative estimate of drug-likeness (QED) is 0.667. The number of hydrogen-bond donors (Lipinski definition) is 0.